The van der Waals surface area contributed by atoms with Gasteiger partial charge < -0.3 is 14.9 Å². The molecule has 0 saturated heterocycles. The molecule has 6 aromatic rings. The zero-order valence-electron chi connectivity index (χ0n) is 20.2. The van der Waals surface area contributed by atoms with Crippen molar-refractivity contribution in [1.82, 2.24) is 19.9 Å². The van der Waals surface area contributed by atoms with E-state index in [9.17, 15) is 9.59 Å². The quantitative estimate of drug-likeness (QED) is 0.304. The Morgan fingerprint density at radius 3 is 2.42 bits per heavy atom. The lowest BCUT2D eigenvalue weighted by Gasteiger charge is -2.12. The van der Waals surface area contributed by atoms with E-state index in [1.54, 1.807) is 30.6 Å². The number of fused-ring (bicyclic) bond motifs is 2. The lowest BCUT2D eigenvalue weighted by atomic mass is 10.0. The lowest BCUT2D eigenvalue weighted by Crippen LogP contribution is -2.25. The molecule has 0 spiro atoms. The van der Waals surface area contributed by atoms with E-state index in [-0.39, 0.29) is 18.0 Å². The Bertz CT molecular complexity index is 1790. The summed E-state index contributed by atoms with van der Waals surface area (Å²) in [7, 11) is 0. The standard InChI is InChI=1S/C30H22N4O4/c35-29(32-15-19-5-9-22(10-6-19)30(36)37)27-13-24(25-16-33-38-18-25)14-28-31-17-26(34(27)28)12-20-7-8-21-3-1-2-4-23(21)11-20/h1-11,13-14,16-18H,12,15H2,(H,32,35)(H,36,37). The first-order chi connectivity index (χ1) is 18.5. The van der Waals surface area contributed by atoms with Gasteiger partial charge in [0.25, 0.3) is 5.91 Å². The second-order valence-corrected chi connectivity index (χ2v) is 9.03. The van der Waals surface area contributed by atoms with Crippen LogP contribution in [0.1, 0.15) is 37.7 Å². The number of imidazole rings is 1. The molecular formula is C30H22N4O4. The molecule has 6 rings (SSSR count). The van der Waals surface area contributed by atoms with Gasteiger partial charge in [0.2, 0.25) is 0 Å². The molecule has 0 aliphatic rings. The van der Waals surface area contributed by atoms with E-state index >= 15 is 0 Å². The van der Waals surface area contributed by atoms with Gasteiger partial charge in [-0.05, 0) is 51.7 Å². The van der Waals surface area contributed by atoms with Crippen LogP contribution in [0.15, 0.2) is 102 Å². The average molecular weight is 503 g/mol. The van der Waals surface area contributed by atoms with Crippen LogP contribution >= 0.6 is 0 Å². The monoisotopic (exact) mass is 502 g/mol. The Hall–Kier alpha value is -5.24. The molecule has 8 nitrogen and oxygen atoms in total. The predicted molar refractivity (Wildman–Crippen MR) is 142 cm³/mol. The molecule has 1 amide bonds. The molecule has 186 valence electrons. The number of nitrogens with zero attached hydrogens (tertiary/aromatic N) is 3. The number of benzene rings is 3. The third-order valence-electron chi connectivity index (χ3n) is 6.53. The Morgan fingerprint density at radius 1 is 0.868 bits per heavy atom. The molecule has 8 heteroatoms. The van der Waals surface area contributed by atoms with Gasteiger partial charge in [-0.15, -0.1) is 0 Å². The smallest absolute Gasteiger partial charge is 0.335 e. The third kappa shape index (κ3) is 4.51. The zero-order chi connectivity index (χ0) is 26.1. The van der Waals surface area contributed by atoms with Crippen molar-refractivity contribution in [1.29, 1.82) is 0 Å². The van der Waals surface area contributed by atoms with Gasteiger partial charge in [0.1, 0.15) is 17.6 Å². The van der Waals surface area contributed by atoms with Gasteiger partial charge in [-0.2, -0.15) is 0 Å². The fourth-order valence-corrected chi connectivity index (χ4v) is 4.58. The van der Waals surface area contributed by atoms with Crippen molar-refractivity contribution in [2.75, 3.05) is 0 Å². The molecule has 38 heavy (non-hydrogen) atoms. The highest BCUT2D eigenvalue weighted by atomic mass is 16.5. The number of nitrogens with one attached hydrogen (secondary N) is 1. The van der Waals surface area contributed by atoms with Crippen molar-refractivity contribution in [3.8, 4) is 11.1 Å². The summed E-state index contributed by atoms with van der Waals surface area (Å²) in [4.78, 5) is 29.3. The highest BCUT2D eigenvalue weighted by Crippen LogP contribution is 2.25. The van der Waals surface area contributed by atoms with E-state index in [1.807, 2.05) is 22.6 Å². The van der Waals surface area contributed by atoms with Crippen LogP contribution in [0.5, 0.6) is 0 Å². The summed E-state index contributed by atoms with van der Waals surface area (Å²) in [6.07, 6.45) is 5.51. The summed E-state index contributed by atoms with van der Waals surface area (Å²) in [5.74, 6) is -1.28. The van der Waals surface area contributed by atoms with Gasteiger partial charge in [-0.1, -0.05) is 59.8 Å². The molecule has 0 aliphatic carbocycles. The average Bonchev–Trinajstić information content (AvgIpc) is 3.62. The van der Waals surface area contributed by atoms with Crippen molar-refractivity contribution in [3.05, 3.63) is 126 Å². The minimum Gasteiger partial charge on any atom is -0.478 e. The predicted octanol–water partition coefficient (Wildman–Crippen LogP) is 5.36. The van der Waals surface area contributed by atoms with Crippen LogP contribution in [0.25, 0.3) is 27.5 Å². The molecule has 0 bridgehead atoms. The Morgan fingerprint density at radius 2 is 1.66 bits per heavy atom. The fraction of sp³-hybridized carbons (Fsp3) is 0.0667. The third-order valence-corrected chi connectivity index (χ3v) is 6.53. The van der Waals surface area contributed by atoms with Gasteiger partial charge in [0, 0.05) is 30.4 Å². The summed E-state index contributed by atoms with van der Waals surface area (Å²) in [6.45, 7) is 0.242. The van der Waals surface area contributed by atoms with Crippen molar-refractivity contribution < 1.29 is 19.2 Å². The van der Waals surface area contributed by atoms with E-state index < -0.39 is 5.97 Å². The maximum absolute atomic E-state index is 13.5. The molecule has 0 radical (unpaired) electrons. The first-order valence-electron chi connectivity index (χ1n) is 12.0. The minimum atomic E-state index is -0.993. The first-order valence-corrected chi connectivity index (χ1v) is 12.0. The number of carboxylic acid groups (broad SMARTS) is 1. The van der Waals surface area contributed by atoms with E-state index in [2.05, 4.69) is 45.8 Å². The summed E-state index contributed by atoms with van der Waals surface area (Å²) in [6, 6.07) is 24.7. The number of carbonyl (C=O) groups excluding carboxylic acids is 1. The Labute approximate surface area is 217 Å². The summed E-state index contributed by atoms with van der Waals surface area (Å²) in [5, 5.41) is 18.2. The number of amides is 1. The number of carbonyl (C=O) groups is 2. The van der Waals surface area contributed by atoms with Crippen LogP contribution in [0.2, 0.25) is 0 Å². The van der Waals surface area contributed by atoms with Crippen LogP contribution in [0.4, 0.5) is 0 Å². The number of hydrogen-bond donors (Lipinski definition) is 2. The molecule has 0 fully saturated rings. The fourth-order valence-electron chi connectivity index (χ4n) is 4.58. The Balaban J connectivity index is 1.35. The molecule has 0 unspecified atom stereocenters. The van der Waals surface area contributed by atoms with Gasteiger partial charge in [0.05, 0.1) is 11.8 Å². The number of hydrogen-bond acceptors (Lipinski definition) is 5. The number of pyridine rings is 1. The molecule has 3 aromatic carbocycles. The van der Waals surface area contributed by atoms with Crippen molar-refractivity contribution >= 4 is 28.3 Å². The van der Waals surface area contributed by atoms with Gasteiger partial charge >= 0.3 is 5.97 Å². The minimum absolute atomic E-state index is 0.194. The number of carboxylic acids is 1. The van der Waals surface area contributed by atoms with Crippen LogP contribution in [-0.4, -0.2) is 31.5 Å². The second kappa shape index (κ2) is 9.67. The summed E-state index contributed by atoms with van der Waals surface area (Å²) in [5.41, 5.74) is 5.53. The van der Waals surface area contributed by atoms with Gasteiger partial charge in [-0.25, -0.2) is 9.78 Å². The van der Waals surface area contributed by atoms with Crippen LogP contribution in [0.3, 0.4) is 0 Å². The number of aromatic carboxylic acids is 1. The van der Waals surface area contributed by atoms with Gasteiger partial charge in [-0.3, -0.25) is 9.20 Å². The van der Waals surface area contributed by atoms with Crippen molar-refractivity contribution in [3.63, 3.8) is 0 Å². The molecule has 3 heterocycles. The number of rotatable bonds is 7. The molecular weight excluding hydrogens is 480 g/mol. The summed E-state index contributed by atoms with van der Waals surface area (Å²) >= 11 is 0. The zero-order valence-corrected chi connectivity index (χ0v) is 20.2. The molecule has 0 atom stereocenters. The first kappa shape index (κ1) is 23.2. The van der Waals surface area contributed by atoms with Crippen molar-refractivity contribution in [2.45, 2.75) is 13.0 Å². The Kier molecular flexibility index (Phi) is 5.89. The normalized spacial score (nSPS) is 11.2. The maximum atomic E-state index is 13.5. The largest absolute Gasteiger partial charge is 0.478 e. The summed E-state index contributed by atoms with van der Waals surface area (Å²) < 4.78 is 6.88. The highest BCUT2D eigenvalue weighted by molar-refractivity contribution is 5.95. The van der Waals surface area contributed by atoms with Crippen LogP contribution in [0, 0.1) is 0 Å². The second-order valence-electron chi connectivity index (χ2n) is 9.03. The molecule has 0 saturated carbocycles. The topological polar surface area (TPSA) is 110 Å². The van der Waals surface area contributed by atoms with Crippen LogP contribution < -0.4 is 5.32 Å². The molecule has 2 N–H and O–H groups in total. The van der Waals surface area contributed by atoms with Gasteiger partial charge in [0.15, 0.2) is 0 Å². The van der Waals surface area contributed by atoms with E-state index in [0.29, 0.717) is 17.8 Å². The van der Waals surface area contributed by atoms with E-state index in [1.165, 1.54) is 23.8 Å². The highest BCUT2D eigenvalue weighted by Gasteiger charge is 2.18. The SMILES string of the molecule is O=C(O)c1ccc(CNC(=O)c2cc(-c3cnoc3)cc3ncc(Cc4ccc5ccccc5c4)n23)cc1. The molecule has 3 aromatic heterocycles. The van der Waals surface area contributed by atoms with E-state index in [4.69, 9.17) is 9.63 Å². The van der Waals surface area contributed by atoms with E-state index in [0.717, 1.165) is 33.3 Å². The molecule has 0 aliphatic heterocycles. The maximum Gasteiger partial charge on any atom is 0.335 e. The number of aromatic nitrogens is 3. The lowest BCUT2D eigenvalue weighted by molar-refractivity contribution is 0.0696. The van der Waals surface area contributed by atoms with Crippen LogP contribution in [-0.2, 0) is 13.0 Å². The van der Waals surface area contributed by atoms with Crippen molar-refractivity contribution in [2.24, 2.45) is 0 Å².